The van der Waals surface area contributed by atoms with Crippen LogP contribution in [0.25, 0.3) is 0 Å². The molecular weight excluding hydrogens is 264 g/mol. The topological polar surface area (TPSA) is 89.3 Å². The van der Waals surface area contributed by atoms with Crippen LogP contribution in [0.3, 0.4) is 0 Å². The molecule has 0 spiro atoms. The number of rotatable bonds is 6. The van der Waals surface area contributed by atoms with Gasteiger partial charge in [-0.15, -0.1) is 0 Å². The van der Waals surface area contributed by atoms with Crippen molar-refractivity contribution in [3.05, 3.63) is 29.8 Å². The monoisotopic (exact) mass is 284 g/mol. The molecule has 1 rings (SSSR count). The van der Waals surface area contributed by atoms with Gasteiger partial charge in [-0.05, 0) is 31.4 Å². The lowest BCUT2D eigenvalue weighted by atomic mass is 10.0. The first-order valence-electron chi connectivity index (χ1n) is 6.10. The average molecular weight is 284 g/mol. The second kappa shape index (κ2) is 6.16. The maximum atomic E-state index is 12.1. The van der Waals surface area contributed by atoms with Crippen LogP contribution in [0.5, 0.6) is 0 Å². The van der Waals surface area contributed by atoms with E-state index in [1.54, 1.807) is 12.1 Å². The highest BCUT2D eigenvalue weighted by Crippen LogP contribution is 2.13. The molecule has 0 radical (unpaired) electrons. The quantitative estimate of drug-likeness (QED) is 0.821. The first-order valence-corrected chi connectivity index (χ1v) is 7.59. The molecule has 1 aromatic rings. The van der Waals surface area contributed by atoms with Crippen LogP contribution in [0.4, 0.5) is 0 Å². The number of sulfonamides is 1. The predicted molar refractivity (Wildman–Crippen MR) is 73.9 cm³/mol. The van der Waals surface area contributed by atoms with Crippen LogP contribution in [0, 0.1) is 12.8 Å². The molecule has 0 bridgehead atoms. The number of nitrogens with two attached hydrogens (primary N) is 1. The molecule has 0 fully saturated rings. The van der Waals surface area contributed by atoms with Gasteiger partial charge in [-0.2, -0.15) is 4.72 Å². The van der Waals surface area contributed by atoms with Crippen LogP contribution in [-0.4, -0.2) is 20.4 Å². The Morgan fingerprint density at radius 3 is 2.21 bits per heavy atom. The molecule has 0 saturated carbocycles. The Kier molecular flexibility index (Phi) is 5.08. The highest BCUT2D eigenvalue weighted by atomic mass is 32.2. The van der Waals surface area contributed by atoms with Gasteiger partial charge in [0, 0.05) is 0 Å². The zero-order valence-electron chi connectivity index (χ0n) is 11.4. The van der Waals surface area contributed by atoms with E-state index < -0.39 is 22.0 Å². The summed E-state index contributed by atoms with van der Waals surface area (Å²) in [4.78, 5) is 11.4. The summed E-state index contributed by atoms with van der Waals surface area (Å²) in [5.74, 6) is -0.498. The van der Waals surface area contributed by atoms with Gasteiger partial charge < -0.3 is 5.73 Å². The number of primary amides is 1. The molecule has 1 aromatic carbocycles. The largest absolute Gasteiger partial charge is 0.368 e. The van der Waals surface area contributed by atoms with Gasteiger partial charge in [0.15, 0.2) is 0 Å². The minimum atomic E-state index is -3.72. The van der Waals surface area contributed by atoms with E-state index in [-0.39, 0.29) is 10.8 Å². The minimum Gasteiger partial charge on any atom is -0.368 e. The van der Waals surface area contributed by atoms with E-state index in [0.29, 0.717) is 6.42 Å². The summed E-state index contributed by atoms with van der Waals surface area (Å²) in [5, 5.41) is 0. The van der Waals surface area contributed by atoms with E-state index in [1.807, 2.05) is 20.8 Å². The standard InChI is InChI=1S/C13H20N2O3S/c1-9(2)8-12(13(14)16)15-19(17,18)11-6-4-10(3)5-7-11/h4-7,9,12,15H,8H2,1-3H3,(H2,14,16). The number of carbonyl (C=O) groups excluding carboxylic acids is 1. The normalized spacial score (nSPS) is 13.5. The molecule has 1 unspecified atom stereocenters. The Bertz CT molecular complexity index is 536. The van der Waals surface area contributed by atoms with Gasteiger partial charge in [-0.3, -0.25) is 4.79 Å². The molecule has 0 heterocycles. The van der Waals surface area contributed by atoms with Crippen molar-refractivity contribution in [2.45, 2.75) is 38.1 Å². The van der Waals surface area contributed by atoms with Crippen LogP contribution in [0.15, 0.2) is 29.2 Å². The fourth-order valence-electron chi connectivity index (χ4n) is 1.67. The smallest absolute Gasteiger partial charge is 0.241 e. The van der Waals surface area contributed by atoms with Crippen molar-refractivity contribution in [1.82, 2.24) is 4.72 Å². The Morgan fingerprint density at radius 2 is 1.79 bits per heavy atom. The summed E-state index contributed by atoms with van der Waals surface area (Å²) in [5.41, 5.74) is 6.19. The number of hydrogen-bond donors (Lipinski definition) is 2. The number of amides is 1. The molecule has 0 aliphatic carbocycles. The lowest BCUT2D eigenvalue weighted by Gasteiger charge is -2.17. The summed E-state index contributed by atoms with van der Waals surface area (Å²) < 4.78 is 26.6. The van der Waals surface area contributed by atoms with Crippen LogP contribution in [-0.2, 0) is 14.8 Å². The van der Waals surface area contributed by atoms with Gasteiger partial charge in [-0.25, -0.2) is 8.42 Å². The number of nitrogens with one attached hydrogen (secondary N) is 1. The van der Waals surface area contributed by atoms with Crippen molar-refractivity contribution in [3.8, 4) is 0 Å². The van der Waals surface area contributed by atoms with E-state index in [2.05, 4.69) is 4.72 Å². The zero-order chi connectivity index (χ0) is 14.6. The van der Waals surface area contributed by atoms with Crippen LogP contribution in [0.1, 0.15) is 25.8 Å². The average Bonchev–Trinajstić information content (AvgIpc) is 2.27. The SMILES string of the molecule is Cc1ccc(S(=O)(=O)NC(CC(C)C)C(N)=O)cc1. The fraction of sp³-hybridized carbons (Fsp3) is 0.462. The Balaban J connectivity index is 2.94. The predicted octanol–water partition coefficient (Wildman–Crippen LogP) is 1.17. The van der Waals surface area contributed by atoms with Crippen molar-refractivity contribution in [3.63, 3.8) is 0 Å². The molecule has 0 aromatic heterocycles. The molecule has 5 nitrogen and oxygen atoms in total. The van der Waals surface area contributed by atoms with Crippen LogP contribution < -0.4 is 10.5 Å². The van der Waals surface area contributed by atoms with Gasteiger partial charge >= 0.3 is 0 Å². The molecule has 106 valence electrons. The summed E-state index contributed by atoms with van der Waals surface area (Å²) >= 11 is 0. The molecule has 6 heteroatoms. The molecular formula is C13H20N2O3S. The van der Waals surface area contributed by atoms with Crippen molar-refractivity contribution in [2.75, 3.05) is 0 Å². The molecule has 0 saturated heterocycles. The molecule has 1 atom stereocenters. The van der Waals surface area contributed by atoms with Gasteiger partial charge in [0.25, 0.3) is 0 Å². The maximum Gasteiger partial charge on any atom is 0.241 e. The summed E-state index contributed by atoms with van der Waals surface area (Å²) in [6.45, 7) is 5.67. The van der Waals surface area contributed by atoms with Crippen molar-refractivity contribution >= 4 is 15.9 Å². The summed E-state index contributed by atoms with van der Waals surface area (Å²) in [6, 6.07) is 5.54. The minimum absolute atomic E-state index is 0.133. The second-order valence-electron chi connectivity index (χ2n) is 5.02. The Labute approximate surface area is 114 Å². The van der Waals surface area contributed by atoms with E-state index in [9.17, 15) is 13.2 Å². The van der Waals surface area contributed by atoms with Crippen molar-refractivity contribution in [1.29, 1.82) is 0 Å². The van der Waals surface area contributed by atoms with Gasteiger partial charge in [-0.1, -0.05) is 31.5 Å². The summed E-state index contributed by atoms with van der Waals surface area (Å²) in [6.07, 6.45) is 0.375. The van der Waals surface area contributed by atoms with Crippen molar-refractivity contribution in [2.24, 2.45) is 11.7 Å². The number of aryl methyl sites for hydroxylation is 1. The lowest BCUT2D eigenvalue weighted by Crippen LogP contribution is -2.45. The molecule has 3 N–H and O–H groups in total. The van der Waals surface area contributed by atoms with E-state index in [1.165, 1.54) is 12.1 Å². The maximum absolute atomic E-state index is 12.1. The summed E-state index contributed by atoms with van der Waals surface area (Å²) in [7, 11) is -3.72. The first kappa shape index (κ1) is 15.7. The highest BCUT2D eigenvalue weighted by molar-refractivity contribution is 7.89. The fourth-order valence-corrected chi connectivity index (χ4v) is 2.88. The number of benzene rings is 1. The number of carbonyl (C=O) groups is 1. The Morgan fingerprint density at radius 1 is 1.26 bits per heavy atom. The zero-order valence-corrected chi connectivity index (χ0v) is 12.2. The molecule has 0 aliphatic rings. The van der Waals surface area contributed by atoms with Gasteiger partial charge in [0.2, 0.25) is 15.9 Å². The third-order valence-electron chi connectivity index (χ3n) is 2.68. The van der Waals surface area contributed by atoms with E-state index >= 15 is 0 Å². The molecule has 1 amide bonds. The molecule has 0 aliphatic heterocycles. The van der Waals surface area contributed by atoms with Crippen LogP contribution >= 0.6 is 0 Å². The van der Waals surface area contributed by atoms with Crippen molar-refractivity contribution < 1.29 is 13.2 Å². The second-order valence-corrected chi connectivity index (χ2v) is 6.73. The first-order chi connectivity index (χ1) is 8.72. The Hall–Kier alpha value is -1.40. The van der Waals surface area contributed by atoms with Gasteiger partial charge in [0.05, 0.1) is 4.90 Å². The third kappa shape index (κ3) is 4.65. The van der Waals surface area contributed by atoms with Gasteiger partial charge in [0.1, 0.15) is 6.04 Å². The lowest BCUT2D eigenvalue weighted by molar-refractivity contribution is -0.119. The number of hydrogen-bond acceptors (Lipinski definition) is 3. The third-order valence-corrected chi connectivity index (χ3v) is 4.17. The molecule has 19 heavy (non-hydrogen) atoms. The van der Waals surface area contributed by atoms with Crippen LogP contribution in [0.2, 0.25) is 0 Å². The highest BCUT2D eigenvalue weighted by Gasteiger charge is 2.24. The van der Waals surface area contributed by atoms with E-state index in [0.717, 1.165) is 5.56 Å². The van der Waals surface area contributed by atoms with E-state index in [4.69, 9.17) is 5.73 Å².